The van der Waals surface area contributed by atoms with Crippen molar-refractivity contribution in [1.82, 2.24) is 5.32 Å². The van der Waals surface area contributed by atoms with Gasteiger partial charge in [0, 0.05) is 11.8 Å². The lowest BCUT2D eigenvalue weighted by Crippen LogP contribution is -2.40. The van der Waals surface area contributed by atoms with Crippen LogP contribution in [0.3, 0.4) is 0 Å². The summed E-state index contributed by atoms with van der Waals surface area (Å²) >= 11 is 5.76. The molecule has 0 fully saturated rings. The molecule has 20 heavy (non-hydrogen) atoms. The molecule has 0 aliphatic rings. The van der Waals surface area contributed by atoms with E-state index in [1.807, 2.05) is 0 Å². The molecule has 0 aliphatic carbocycles. The zero-order chi connectivity index (χ0) is 15.5. The van der Waals surface area contributed by atoms with Crippen LogP contribution in [0.1, 0.15) is 23.7 Å². The highest BCUT2D eigenvalue weighted by Gasteiger charge is 2.20. The number of carboxylic acid groups (broad SMARTS) is 1. The Hall–Kier alpha value is -1.60. The summed E-state index contributed by atoms with van der Waals surface area (Å²) in [5.41, 5.74) is 0.0366. The van der Waals surface area contributed by atoms with Crippen molar-refractivity contribution in [3.63, 3.8) is 0 Å². The van der Waals surface area contributed by atoms with Crippen molar-refractivity contribution in [2.75, 3.05) is 6.26 Å². The summed E-state index contributed by atoms with van der Waals surface area (Å²) in [6, 6.07) is 2.72. The van der Waals surface area contributed by atoms with Crippen LogP contribution in [0.15, 0.2) is 23.1 Å². The van der Waals surface area contributed by atoms with Crippen molar-refractivity contribution in [2.45, 2.75) is 24.3 Å². The highest BCUT2D eigenvalue weighted by Crippen LogP contribution is 2.22. The SMILES string of the molecule is CC[C@@H](NC(=O)c1ccc(Cl)c(S(C)(=O)=O)c1)C(=O)O. The van der Waals surface area contributed by atoms with Gasteiger partial charge in [0.25, 0.3) is 5.91 Å². The van der Waals surface area contributed by atoms with E-state index in [1.54, 1.807) is 6.92 Å². The first kappa shape index (κ1) is 16.5. The molecule has 0 bridgehead atoms. The Balaban J connectivity index is 3.09. The predicted molar refractivity (Wildman–Crippen MR) is 73.7 cm³/mol. The van der Waals surface area contributed by atoms with Gasteiger partial charge in [-0.25, -0.2) is 13.2 Å². The Morgan fingerprint density at radius 2 is 2.00 bits per heavy atom. The Morgan fingerprint density at radius 1 is 1.40 bits per heavy atom. The van der Waals surface area contributed by atoms with E-state index >= 15 is 0 Å². The molecule has 1 aromatic rings. The van der Waals surface area contributed by atoms with E-state index in [0.29, 0.717) is 0 Å². The molecule has 0 radical (unpaired) electrons. The number of hydrogen-bond donors (Lipinski definition) is 2. The normalized spacial score (nSPS) is 12.8. The van der Waals surface area contributed by atoms with Crippen LogP contribution in [-0.2, 0) is 14.6 Å². The monoisotopic (exact) mass is 319 g/mol. The molecular formula is C12H14ClNO5S. The minimum atomic E-state index is -3.57. The third kappa shape index (κ3) is 3.94. The fraction of sp³-hybridized carbons (Fsp3) is 0.333. The van der Waals surface area contributed by atoms with Crippen LogP contribution >= 0.6 is 11.6 Å². The zero-order valence-corrected chi connectivity index (χ0v) is 12.5. The molecule has 1 rings (SSSR count). The second kappa shape index (κ2) is 6.23. The van der Waals surface area contributed by atoms with Gasteiger partial charge in [-0.3, -0.25) is 4.79 Å². The Bertz CT molecular complexity index is 641. The number of halogens is 1. The van der Waals surface area contributed by atoms with Gasteiger partial charge in [0.05, 0.1) is 9.92 Å². The molecule has 110 valence electrons. The van der Waals surface area contributed by atoms with Gasteiger partial charge in [-0.1, -0.05) is 18.5 Å². The van der Waals surface area contributed by atoms with Crippen molar-refractivity contribution < 1.29 is 23.1 Å². The molecule has 0 heterocycles. The van der Waals surface area contributed by atoms with Gasteiger partial charge in [0.1, 0.15) is 6.04 Å². The predicted octanol–water partition coefficient (Wildman–Crippen LogP) is 1.34. The first-order valence-corrected chi connectivity index (χ1v) is 7.97. The number of carbonyl (C=O) groups is 2. The second-order valence-electron chi connectivity index (χ2n) is 4.19. The van der Waals surface area contributed by atoms with Gasteiger partial charge < -0.3 is 10.4 Å². The quantitative estimate of drug-likeness (QED) is 0.853. The highest BCUT2D eigenvalue weighted by molar-refractivity contribution is 7.90. The smallest absolute Gasteiger partial charge is 0.326 e. The van der Waals surface area contributed by atoms with Crippen molar-refractivity contribution in [1.29, 1.82) is 0 Å². The molecule has 0 saturated carbocycles. The van der Waals surface area contributed by atoms with E-state index in [1.165, 1.54) is 12.1 Å². The minimum absolute atomic E-state index is 0.00864. The number of aliphatic carboxylic acids is 1. The Morgan fingerprint density at radius 3 is 2.45 bits per heavy atom. The molecular weight excluding hydrogens is 306 g/mol. The van der Waals surface area contributed by atoms with Gasteiger partial charge in [-0.15, -0.1) is 0 Å². The largest absolute Gasteiger partial charge is 0.480 e. The number of benzene rings is 1. The first-order valence-electron chi connectivity index (χ1n) is 5.70. The summed E-state index contributed by atoms with van der Waals surface area (Å²) in [5.74, 6) is -1.82. The van der Waals surface area contributed by atoms with Crippen LogP contribution in [-0.4, -0.2) is 37.7 Å². The number of sulfone groups is 1. The maximum atomic E-state index is 11.9. The summed E-state index contributed by atoms with van der Waals surface area (Å²) in [4.78, 5) is 22.6. The van der Waals surface area contributed by atoms with E-state index in [0.717, 1.165) is 12.3 Å². The summed E-state index contributed by atoms with van der Waals surface area (Å²) in [7, 11) is -3.57. The third-order valence-electron chi connectivity index (χ3n) is 2.60. The lowest BCUT2D eigenvalue weighted by Gasteiger charge is -2.13. The van der Waals surface area contributed by atoms with Gasteiger partial charge in [-0.2, -0.15) is 0 Å². The maximum Gasteiger partial charge on any atom is 0.326 e. The van der Waals surface area contributed by atoms with Crippen LogP contribution in [0.25, 0.3) is 0 Å². The lowest BCUT2D eigenvalue weighted by molar-refractivity contribution is -0.139. The number of amides is 1. The van der Waals surface area contributed by atoms with Gasteiger partial charge in [-0.05, 0) is 24.6 Å². The number of carboxylic acids is 1. The number of carbonyl (C=O) groups excluding carboxylic acids is 1. The summed E-state index contributed by atoms with van der Waals surface area (Å²) < 4.78 is 23.0. The zero-order valence-electron chi connectivity index (χ0n) is 10.9. The molecule has 1 amide bonds. The third-order valence-corrected chi connectivity index (χ3v) is 4.18. The van der Waals surface area contributed by atoms with Crippen LogP contribution in [0.2, 0.25) is 5.02 Å². The van der Waals surface area contributed by atoms with Crippen LogP contribution < -0.4 is 5.32 Å². The lowest BCUT2D eigenvalue weighted by atomic mass is 10.1. The number of nitrogens with one attached hydrogen (secondary N) is 1. The van der Waals surface area contributed by atoms with Crippen molar-refractivity contribution in [3.8, 4) is 0 Å². The van der Waals surface area contributed by atoms with Gasteiger partial charge >= 0.3 is 5.97 Å². The summed E-state index contributed by atoms with van der Waals surface area (Å²) in [6.07, 6.45) is 1.19. The molecule has 0 aromatic heterocycles. The second-order valence-corrected chi connectivity index (χ2v) is 6.58. The van der Waals surface area contributed by atoms with Crippen LogP contribution in [0.5, 0.6) is 0 Å². The summed E-state index contributed by atoms with van der Waals surface area (Å²) in [6.45, 7) is 1.61. The van der Waals surface area contributed by atoms with E-state index in [-0.39, 0.29) is 21.9 Å². The minimum Gasteiger partial charge on any atom is -0.480 e. The topological polar surface area (TPSA) is 101 Å². The molecule has 0 saturated heterocycles. The molecule has 0 aliphatic heterocycles. The fourth-order valence-electron chi connectivity index (χ4n) is 1.51. The van der Waals surface area contributed by atoms with Crippen molar-refractivity contribution in [2.24, 2.45) is 0 Å². The molecule has 8 heteroatoms. The molecule has 6 nitrogen and oxygen atoms in total. The van der Waals surface area contributed by atoms with Crippen LogP contribution in [0.4, 0.5) is 0 Å². The molecule has 2 N–H and O–H groups in total. The van der Waals surface area contributed by atoms with E-state index in [2.05, 4.69) is 5.32 Å². The first-order chi connectivity index (χ1) is 9.16. The van der Waals surface area contributed by atoms with E-state index in [4.69, 9.17) is 16.7 Å². The summed E-state index contributed by atoms with van der Waals surface area (Å²) in [5, 5.41) is 11.2. The van der Waals surface area contributed by atoms with Gasteiger partial charge in [0.2, 0.25) is 0 Å². The molecule has 0 unspecified atom stereocenters. The average molecular weight is 320 g/mol. The van der Waals surface area contributed by atoms with Crippen LogP contribution in [0, 0.1) is 0 Å². The molecule has 1 atom stereocenters. The Kier molecular flexibility index (Phi) is 5.13. The number of rotatable bonds is 5. The van der Waals surface area contributed by atoms with Crippen molar-refractivity contribution >= 4 is 33.3 Å². The highest BCUT2D eigenvalue weighted by atomic mass is 35.5. The standard InChI is InChI=1S/C12H14ClNO5S/c1-3-9(12(16)17)14-11(15)7-4-5-8(13)10(6-7)20(2,18)19/h4-6,9H,3H2,1-2H3,(H,14,15)(H,16,17)/t9-/m1/s1. The molecule has 0 spiro atoms. The fourth-order valence-corrected chi connectivity index (χ4v) is 2.81. The average Bonchev–Trinajstić information content (AvgIpc) is 2.34. The molecule has 1 aromatic carbocycles. The van der Waals surface area contributed by atoms with Gasteiger partial charge in [0.15, 0.2) is 9.84 Å². The number of hydrogen-bond acceptors (Lipinski definition) is 4. The Labute approximate surface area is 121 Å². The van der Waals surface area contributed by atoms with E-state index in [9.17, 15) is 18.0 Å². The maximum absolute atomic E-state index is 11.9. The van der Waals surface area contributed by atoms with E-state index < -0.39 is 27.8 Å². The van der Waals surface area contributed by atoms with Crippen molar-refractivity contribution in [3.05, 3.63) is 28.8 Å².